The number of thioether (sulfide) groups is 1. The van der Waals surface area contributed by atoms with E-state index in [1.54, 1.807) is 33.9 Å². The van der Waals surface area contributed by atoms with Crippen LogP contribution in [-0.4, -0.2) is 30.2 Å². The molecule has 1 aliphatic rings. The second-order valence-electron chi connectivity index (χ2n) is 6.77. The summed E-state index contributed by atoms with van der Waals surface area (Å²) in [6.07, 6.45) is 3.57. The number of carbonyl (C=O) groups is 1. The number of rotatable bonds is 3. The summed E-state index contributed by atoms with van der Waals surface area (Å²) in [5.74, 6) is -0.126. The Balaban J connectivity index is 1.99. The lowest BCUT2D eigenvalue weighted by Crippen LogP contribution is -2.44. The van der Waals surface area contributed by atoms with Gasteiger partial charge < -0.3 is 4.57 Å². The molecule has 6 nitrogen and oxygen atoms in total. The minimum absolute atomic E-state index is 0.0150. The molecule has 1 fully saturated rings. The minimum Gasteiger partial charge on any atom is -0.317 e. The number of hydrogen-bond donors (Lipinski definition) is 0. The molecule has 0 aliphatic carbocycles. The summed E-state index contributed by atoms with van der Waals surface area (Å²) in [5.41, 5.74) is 1.03. The van der Waals surface area contributed by atoms with Gasteiger partial charge in [-0.15, -0.1) is 0 Å². The second-order valence-corrected chi connectivity index (χ2v) is 8.44. The van der Waals surface area contributed by atoms with Crippen LogP contribution in [0.2, 0.25) is 0 Å². The first-order valence-corrected chi connectivity index (χ1v) is 9.11. The number of carbonyl (C=O) groups excluding carboxylic acids is 1. The van der Waals surface area contributed by atoms with E-state index in [4.69, 9.17) is 12.2 Å². The van der Waals surface area contributed by atoms with Gasteiger partial charge in [0.25, 0.3) is 11.6 Å². The van der Waals surface area contributed by atoms with Crippen molar-refractivity contribution in [1.82, 2.24) is 9.47 Å². The first-order valence-electron chi connectivity index (χ1n) is 7.89. The lowest BCUT2D eigenvalue weighted by atomic mass is 10.1. The number of amides is 1. The van der Waals surface area contributed by atoms with Gasteiger partial charge in [0.1, 0.15) is 4.32 Å². The number of thiocarbonyl (C=S) groups is 1. The van der Waals surface area contributed by atoms with E-state index in [1.807, 2.05) is 32.9 Å². The molecule has 0 N–H and O–H groups in total. The fourth-order valence-corrected chi connectivity index (χ4v) is 4.30. The molecule has 0 saturated carbocycles. The van der Waals surface area contributed by atoms with Gasteiger partial charge in [0, 0.05) is 29.6 Å². The summed E-state index contributed by atoms with van der Waals surface area (Å²) in [7, 11) is 0. The Morgan fingerprint density at radius 1 is 1.23 bits per heavy atom. The quantitative estimate of drug-likeness (QED) is 0.338. The van der Waals surface area contributed by atoms with E-state index in [-0.39, 0.29) is 11.6 Å². The van der Waals surface area contributed by atoms with E-state index in [9.17, 15) is 14.9 Å². The number of nitrogens with zero attached hydrogens (tertiary/aromatic N) is 3. The molecular formula is C18H17N3O3S2. The van der Waals surface area contributed by atoms with Gasteiger partial charge in [-0.05, 0) is 45.0 Å². The maximum absolute atomic E-state index is 12.7. The normalized spacial score (nSPS) is 16.6. The molecular weight excluding hydrogens is 370 g/mol. The summed E-state index contributed by atoms with van der Waals surface area (Å²) in [5, 5.41) is 11.0. The molecule has 3 rings (SSSR count). The van der Waals surface area contributed by atoms with Crippen LogP contribution in [0.3, 0.4) is 0 Å². The van der Waals surface area contributed by atoms with Crippen molar-refractivity contribution in [3.63, 3.8) is 0 Å². The predicted octanol–water partition coefficient (Wildman–Crippen LogP) is 4.39. The molecule has 0 atom stereocenters. The van der Waals surface area contributed by atoms with Crippen molar-refractivity contribution in [2.24, 2.45) is 0 Å². The van der Waals surface area contributed by atoms with E-state index >= 15 is 0 Å². The lowest BCUT2D eigenvalue weighted by Gasteiger charge is -2.30. The number of non-ortho nitro benzene ring substituents is 1. The molecule has 1 amide bonds. The molecule has 0 radical (unpaired) electrons. The zero-order valence-electron chi connectivity index (χ0n) is 14.5. The van der Waals surface area contributed by atoms with Crippen molar-refractivity contribution in [3.05, 3.63) is 63.3 Å². The Kier molecular flexibility index (Phi) is 4.72. The molecule has 2 heterocycles. The van der Waals surface area contributed by atoms with E-state index < -0.39 is 10.5 Å². The topological polar surface area (TPSA) is 68.4 Å². The van der Waals surface area contributed by atoms with Crippen molar-refractivity contribution < 1.29 is 9.72 Å². The average Bonchev–Trinajstić information content (AvgIpc) is 3.12. The Labute approximate surface area is 160 Å². The Hall–Kier alpha value is -2.45. The number of nitro groups is 1. The van der Waals surface area contributed by atoms with Crippen LogP contribution in [0.1, 0.15) is 26.5 Å². The SMILES string of the molecule is CC(C)(C)N1C(=O)/C(=C\c2cccn2-c2cccc([N+](=O)[O-])c2)SC1=S. The minimum atomic E-state index is -0.429. The Morgan fingerprint density at radius 2 is 1.96 bits per heavy atom. The van der Waals surface area contributed by atoms with Gasteiger partial charge in [-0.1, -0.05) is 30.0 Å². The van der Waals surface area contributed by atoms with Crippen LogP contribution in [0.5, 0.6) is 0 Å². The largest absolute Gasteiger partial charge is 0.317 e. The molecule has 0 unspecified atom stereocenters. The molecule has 26 heavy (non-hydrogen) atoms. The van der Waals surface area contributed by atoms with Crippen LogP contribution in [0.15, 0.2) is 47.5 Å². The zero-order valence-corrected chi connectivity index (χ0v) is 16.1. The van der Waals surface area contributed by atoms with Gasteiger partial charge in [-0.25, -0.2) is 0 Å². The van der Waals surface area contributed by atoms with E-state index in [0.717, 1.165) is 5.69 Å². The van der Waals surface area contributed by atoms with Gasteiger partial charge in [0.15, 0.2) is 0 Å². The van der Waals surface area contributed by atoms with Crippen LogP contribution in [0, 0.1) is 10.1 Å². The summed E-state index contributed by atoms with van der Waals surface area (Å²) in [4.78, 5) is 25.5. The molecule has 1 aromatic carbocycles. The van der Waals surface area contributed by atoms with Crippen LogP contribution in [0.25, 0.3) is 11.8 Å². The van der Waals surface area contributed by atoms with Crippen LogP contribution < -0.4 is 0 Å². The summed E-state index contributed by atoms with van der Waals surface area (Å²) >= 11 is 6.62. The smallest absolute Gasteiger partial charge is 0.271 e. The van der Waals surface area contributed by atoms with Crippen LogP contribution in [-0.2, 0) is 4.79 Å². The standard InChI is InChI=1S/C18H17N3O3S2/c1-18(2,3)20-16(22)15(26-17(20)25)11-13-8-5-9-19(13)12-6-4-7-14(10-12)21(23)24/h4-11H,1-3H3/b15-11+. The number of hydrogen-bond acceptors (Lipinski definition) is 5. The van der Waals surface area contributed by atoms with Crippen molar-refractivity contribution in [1.29, 1.82) is 0 Å². The number of aromatic nitrogens is 1. The first kappa shape index (κ1) is 18.3. The maximum Gasteiger partial charge on any atom is 0.271 e. The summed E-state index contributed by atoms with van der Waals surface area (Å²) in [6.45, 7) is 5.81. The van der Waals surface area contributed by atoms with E-state index in [0.29, 0.717) is 14.9 Å². The highest BCUT2D eigenvalue weighted by atomic mass is 32.2. The molecule has 1 saturated heterocycles. The van der Waals surface area contributed by atoms with Gasteiger partial charge in [0.05, 0.1) is 15.5 Å². The monoisotopic (exact) mass is 387 g/mol. The van der Waals surface area contributed by atoms with Crippen molar-refractivity contribution >= 4 is 46.0 Å². The molecule has 2 aromatic rings. The number of benzene rings is 1. The molecule has 0 spiro atoms. The predicted molar refractivity (Wildman–Crippen MR) is 107 cm³/mol. The molecule has 134 valence electrons. The lowest BCUT2D eigenvalue weighted by molar-refractivity contribution is -0.384. The highest BCUT2D eigenvalue weighted by Gasteiger charge is 2.39. The van der Waals surface area contributed by atoms with Gasteiger partial charge in [0.2, 0.25) is 0 Å². The van der Waals surface area contributed by atoms with Gasteiger partial charge in [-0.3, -0.25) is 19.8 Å². The Morgan fingerprint density at radius 3 is 2.58 bits per heavy atom. The molecule has 0 bridgehead atoms. The summed E-state index contributed by atoms with van der Waals surface area (Å²) in [6, 6.07) is 10.0. The third-order valence-corrected chi connectivity index (χ3v) is 5.14. The molecule has 1 aromatic heterocycles. The summed E-state index contributed by atoms with van der Waals surface area (Å²) < 4.78 is 2.33. The molecule has 1 aliphatic heterocycles. The fourth-order valence-electron chi connectivity index (χ4n) is 2.68. The van der Waals surface area contributed by atoms with E-state index in [2.05, 4.69) is 0 Å². The number of nitro benzene ring substituents is 1. The van der Waals surface area contributed by atoms with Gasteiger partial charge >= 0.3 is 0 Å². The zero-order chi connectivity index (χ0) is 19.1. The third kappa shape index (κ3) is 3.42. The first-order chi connectivity index (χ1) is 12.2. The maximum atomic E-state index is 12.7. The highest BCUT2D eigenvalue weighted by molar-refractivity contribution is 8.26. The highest BCUT2D eigenvalue weighted by Crippen LogP contribution is 2.37. The molecule has 8 heteroatoms. The van der Waals surface area contributed by atoms with Crippen LogP contribution in [0.4, 0.5) is 5.69 Å². The Bertz CT molecular complexity index is 941. The van der Waals surface area contributed by atoms with Crippen molar-refractivity contribution in [3.8, 4) is 5.69 Å². The second kappa shape index (κ2) is 6.69. The van der Waals surface area contributed by atoms with E-state index in [1.165, 1.54) is 23.9 Å². The van der Waals surface area contributed by atoms with Crippen molar-refractivity contribution in [2.75, 3.05) is 0 Å². The van der Waals surface area contributed by atoms with Gasteiger partial charge in [-0.2, -0.15) is 0 Å². The third-order valence-electron chi connectivity index (χ3n) is 3.84. The van der Waals surface area contributed by atoms with Crippen LogP contribution >= 0.6 is 24.0 Å². The van der Waals surface area contributed by atoms with Crippen molar-refractivity contribution in [2.45, 2.75) is 26.3 Å². The average molecular weight is 387 g/mol. The fraction of sp³-hybridized carbons (Fsp3) is 0.222.